The van der Waals surface area contributed by atoms with E-state index < -0.39 is 0 Å². The summed E-state index contributed by atoms with van der Waals surface area (Å²) in [6, 6.07) is 0. The molecule has 0 radical (unpaired) electrons. The van der Waals surface area contributed by atoms with Gasteiger partial charge in [-0.25, -0.2) is 0 Å². The van der Waals surface area contributed by atoms with Gasteiger partial charge in [-0.1, -0.05) is 0 Å². The van der Waals surface area contributed by atoms with Crippen molar-refractivity contribution in [3.05, 3.63) is 0 Å². The first kappa shape index (κ1) is 36.3. The number of rotatable bonds is 21. The second-order valence-electron chi connectivity index (χ2n) is 7.72. The lowest BCUT2D eigenvalue weighted by Gasteiger charge is -2.03. The number of nitrogens with one attached hydrogen (secondary N) is 1. The lowest BCUT2D eigenvalue weighted by atomic mass is 10.1. The Kier molecular flexibility index (Phi) is 36.2. The van der Waals surface area contributed by atoms with E-state index >= 15 is 0 Å². The molecule has 0 amide bonds. The second-order valence-corrected chi connectivity index (χ2v) is 7.72. The van der Waals surface area contributed by atoms with Crippen LogP contribution in [0.15, 0.2) is 0 Å². The van der Waals surface area contributed by atoms with E-state index in [1.165, 1.54) is 0 Å². The van der Waals surface area contributed by atoms with Gasteiger partial charge in [0.25, 0.3) is 0 Å². The molecule has 0 saturated heterocycles. The molecule has 10 nitrogen and oxygen atoms in total. The summed E-state index contributed by atoms with van der Waals surface area (Å²) in [6.45, 7) is 5.43. The SMILES string of the molecule is NCCC(=O)CCN.NCCCC(=O)CCCN.NCCCNCCCCC(=O)CCCN. The van der Waals surface area contributed by atoms with Gasteiger partial charge in [0.05, 0.1) is 0 Å². The Bertz CT molecular complexity index is 420. The van der Waals surface area contributed by atoms with E-state index in [2.05, 4.69) is 5.32 Å². The summed E-state index contributed by atoms with van der Waals surface area (Å²) in [5.74, 6) is 0.799. The van der Waals surface area contributed by atoms with E-state index in [1.54, 1.807) is 0 Å². The molecule has 0 aromatic heterocycles. The molecule has 0 aliphatic heterocycles. The molecule has 0 aliphatic rings. The molecule has 0 atom stereocenters. The minimum absolute atomic E-state index is 0.162. The summed E-state index contributed by atoms with van der Waals surface area (Å²) in [7, 11) is 0. The average Bonchev–Trinajstić information content (AvgIpc) is 2.80. The number of carbonyl (C=O) groups excluding carboxylic acids is 3. The summed E-state index contributed by atoms with van der Waals surface area (Å²) in [4.78, 5) is 32.6. The number of unbranched alkanes of at least 4 members (excludes halogenated alkanes) is 1. The lowest BCUT2D eigenvalue weighted by Crippen LogP contribution is -2.19. The van der Waals surface area contributed by atoms with Crippen LogP contribution in [-0.2, 0) is 14.4 Å². The fourth-order valence-corrected chi connectivity index (χ4v) is 2.52. The molecule has 0 aliphatic carbocycles. The van der Waals surface area contributed by atoms with Gasteiger partial charge < -0.3 is 39.7 Å². The van der Waals surface area contributed by atoms with E-state index in [0.717, 1.165) is 58.2 Å². The summed E-state index contributed by atoms with van der Waals surface area (Å²) < 4.78 is 0. The highest BCUT2D eigenvalue weighted by atomic mass is 16.1. The third-order valence-electron chi connectivity index (χ3n) is 4.44. The van der Waals surface area contributed by atoms with Crippen LogP contribution in [0, 0.1) is 0 Å². The van der Waals surface area contributed by atoms with Crippen LogP contribution in [0.25, 0.3) is 0 Å². The van der Waals surface area contributed by atoms with E-state index in [4.69, 9.17) is 34.4 Å². The Hall–Kier alpha value is -1.27. The van der Waals surface area contributed by atoms with Gasteiger partial charge in [-0.05, 0) is 90.9 Å². The van der Waals surface area contributed by atoms with Crippen LogP contribution in [0.4, 0.5) is 0 Å². The highest BCUT2D eigenvalue weighted by Gasteiger charge is 2.00. The van der Waals surface area contributed by atoms with Crippen LogP contribution < -0.4 is 39.7 Å². The molecular formula is C23H53N7O3. The summed E-state index contributed by atoms with van der Waals surface area (Å²) in [5.41, 5.74) is 31.3. The van der Waals surface area contributed by atoms with Crippen molar-refractivity contribution in [3.63, 3.8) is 0 Å². The predicted octanol–water partition coefficient (Wildman–Crippen LogP) is -0.310. The molecule has 10 heteroatoms. The Labute approximate surface area is 201 Å². The topological polar surface area (TPSA) is 219 Å². The van der Waals surface area contributed by atoms with Gasteiger partial charge >= 0.3 is 0 Å². The molecule has 33 heavy (non-hydrogen) atoms. The standard InChI is InChI=1S/C11H25N3O.C7H16N2O.C5H12N2O/c12-7-3-6-11(15)5-1-2-9-14-10-4-8-13;8-5-1-3-7(10)4-2-6-9;6-3-1-5(8)2-4-7/h14H,1-10,12-13H2;1-6,8-9H2;1-4,6-7H2. The van der Waals surface area contributed by atoms with Crippen molar-refractivity contribution in [2.75, 3.05) is 52.4 Å². The maximum atomic E-state index is 11.2. The molecule has 0 heterocycles. The van der Waals surface area contributed by atoms with Crippen molar-refractivity contribution in [1.29, 1.82) is 0 Å². The van der Waals surface area contributed by atoms with Gasteiger partial charge in [0.1, 0.15) is 17.3 Å². The van der Waals surface area contributed by atoms with Crippen LogP contribution in [0.2, 0.25) is 0 Å². The lowest BCUT2D eigenvalue weighted by molar-refractivity contribution is -0.120. The molecular weight excluding hydrogens is 422 g/mol. The maximum absolute atomic E-state index is 11.2. The quantitative estimate of drug-likeness (QED) is 0.107. The Balaban J connectivity index is -0.000000435. The van der Waals surface area contributed by atoms with Gasteiger partial charge in [0.2, 0.25) is 0 Å². The third kappa shape index (κ3) is 38.3. The van der Waals surface area contributed by atoms with Crippen LogP contribution in [0.5, 0.6) is 0 Å². The first-order chi connectivity index (χ1) is 15.9. The minimum Gasteiger partial charge on any atom is -0.330 e. The first-order valence-corrected chi connectivity index (χ1v) is 12.4. The fraction of sp³-hybridized carbons (Fsp3) is 0.870. The Morgan fingerprint density at radius 1 is 0.394 bits per heavy atom. The van der Waals surface area contributed by atoms with Crippen LogP contribution >= 0.6 is 0 Å². The highest BCUT2D eigenvalue weighted by molar-refractivity contribution is 5.79. The van der Waals surface area contributed by atoms with Crippen molar-refractivity contribution in [2.24, 2.45) is 34.4 Å². The Morgan fingerprint density at radius 2 is 0.727 bits per heavy atom. The van der Waals surface area contributed by atoms with Crippen LogP contribution in [0.3, 0.4) is 0 Å². The van der Waals surface area contributed by atoms with Gasteiger partial charge in [0, 0.05) is 38.5 Å². The number of Topliss-reactive ketones (excluding diaryl/α,β-unsaturated/α-hetero) is 3. The summed E-state index contributed by atoms with van der Waals surface area (Å²) in [6.07, 6.45) is 9.06. The molecule has 13 N–H and O–H groups in total. The highest BCUT2D eigenvalue weighted by Crippen LogP contribution is 2.00. The maximum Gasteiger partial charge on any atom is 0.135 e. The van der Waals surface area contributed by atoms with E-state index in [1.807, 2.05) is 0 Å². The fourth-order valence-electron chi connectivity index (χ4n) is 2.52. The largest absolute Gasteiger partial charge is 0.330 e. The first-order valence-electron chi connectivity index (χ1n) is 12.4. The Morgan fingerprint density at radius 3 is 1.09 bits per heavy atom. The average molecular weight is 476 g/mol. The van der Waals surface area contributed by atoms with Crippen molar-refractivity contribution >= 4 is 17.3 Å². The third-order valence-corrected chi connectivity index (χ3v) is 4.44. The monoisotopic (exact) mass is 475 g/mol. The zero-order valence-corrected chi connectivity index (χ0v) is 20.8. The van der Waals surface area contributed by atoms with E-state index in [9.17, 15) is 14.4 Å². The predicted molar refractivity (Wildman–Crippen MR) is 138 cm³/mol. The van der Waals surface area contributed by atoms with Gasteiger partial charge in [-0.2, -0.15) is 0 Å². The van der Waals surface area contributed by atoms with Gasteiger partial charge in [-0.15, -0.1) is 0 Å². The molecule has 198 valence electrons. The zero-order valence-electron chi connectivity index (χ0n) is 20.8. The van der Waals surface area contributed by atoms with E-state index in [-0.39, 0.29) is 11.6 Å². The molecule has 0 rings (SSSR count). The number of hydrogen-bond acceptors (Lipinski definition) is 10. The van der Waals surface area contributed by atoms with Gasteiger partial charge in [0.15, 0.2) is 0 Å². The molecule has 0 saturated carbocycles. The number of nitrogens with two attached hydrogens (primary N) is 6. The zero-order chi connectivity index (χ0) is 25.6. The molecule has 0 fully saturated rings. The molecule has 0 spiro atoms. The number of hydrogen-bond donors (Lipinski definition) is 7. The van der Waals surface area contributed by atoms with Crippen molar-refractivity contribution in [1.82, 2.24) is 5.32 Å². The van der Waals surface area contributed by atoms with Gasteiger partial charge in [-0.3, -0.25) is 14.4 Å². The molecule has 0 aromatic rings. The van der Waals surface area contributed by atoms with Crippen molar-refractivity contribution in [2.45, 2.75) is 77.0 Å². The molecule has 0 unspecified atom stereocenters. The number of ketones is 3. The summed E-state index contributed by atoms with van der Waals surface area (Å²) >= 11 is 0. The molecule has 0 bridgehead atoms. The van der Waals surface area contributed by atoms with E-state index in [0.29, 0.717) is 77.0 Å². The minimum atomic E-state index is 0.162. The molecule has 0 aromatic carbocycles. The van der Waals surface area contributed by atoms with Crippen LogP contribution in [0.1, 0.15) is 77.0 Å². The normalized spacial score (nSPS) is 10.0. The van der Waals surface area contributed by atoms with Crippen LogP contribution in [-0.4, -0.2) is 69.7 Å². The van der Waals surface area contributed by atoms with Crippen molar-refractivity contribution in [3.8, 4) is 0 Å². The summed E-state index contributed by atoms with van der Waals surface area (Å²) in [5, 5.41) is 3.29. The second kappa shape index (κ2) is 32.9. The smallest absolute Gasteiger partial charge is 0.135 e. The number of carbonyl (C=O) groups is 3. The van der Waals surface area contributed by atoms with Crippen molar-refractivity contribution < 1.29 is 14.4 Å².